The fourth-order valence-electron chi connectivity index (χ4n) is 3.11. The van der Waals surface area contributed by atoms with Crippen LogP contribution in [-0.2, 0) is 16.0 Å². The number of ether oxygens (including phenoxy) is 1. The van der Waals surface area contributed by atoms with Crippen LogP contribution in [0.15, 0.2) is 48.5 Å². The molecule has 1 aliphatic rings. The van der Waals surface area contributed by atoms with E-state index in [9.17, 15) is 13.6 Å². The van der Waals surface area contributed by atoms with Gasteiger partial charge in [0.15, 0.2) is 0 Å². The standard InChI is InChI=1S/C19H20F2N2O2/c20-15-6-4-13(5-7-15)10-17(19(22)24)23-8-9-25-18(12-23)14-2-1-3-16(21)11-14/h1-7,11,17-18H,8-10,12H2,(H2,22,24)/t17-,18+/m1/s1. The molecule has 0 unspecified atom stereocenters. The topological polar surface area (TPSA) is 55.6 Å². The minimum atomic E-state index is -0.523. The number of morpholine rings is 1. The number of benzene rings is 2. The summed E-state index contributed by atoms with van der Waals surface area (Å²) in [5.74, 6) is -1.09. The molecule has 4 nitrogen and oxygen atoms in total. The minimum Gasteiger partial charge on any atom is -0.371 e. The molecule has 1 heterocycles. The summed E-state index contributed by atoms with van der Waals surface area (Å²) in [6, 6.07) is 11.8. The SMILES string of the molecule is NC(=O)[C@@H](Cc1ccc(F)cc1)N1CCO[C@H](c2cccc(F)c2)C1. The van der Waals surface area contributed by atoms with E-state index in [2.05, 4.69) is 0 Å². The van der Waals surface area contributed by atoms with Crippen molar-refractivity contribution in [3.8, 4) is 0 Å². The van der Waals surface area contributed by atoms with Crippen LogP contribution in [0.2, 0.25) is 0 Å². The summed E-state index contributed by atoms with van der Waals surface area (Å²) in [6.07, 6.45) is 0.0744. The van der Waals surface area contributed by atoms with Gasteiger partial charge in [-0.1, -0.05) is 24.3 Å². The Hall–Kier alpha value is -2.31. The number of amides is 1. The molecule has 0 bridgehead atoms. The lowest BCUT2D eigenvalue weighted by molar-refractivity contribution is -0.127. The molecule has 132 valence electrons. The molecule has 0 saturated carbocycles. The lowest BCUT2D eigenvalue weighted by Crippen LogP contribution is -2.51. The smallest absolute Gasteiger partial charge is 0.235 e. The number of rotatable bonds is 5. The van der Waals surface area contributed by atoms with Crippen molar-refractivity contribution < 1.29 is 18.3 Å². The average molecular weight is 346 g/mol. The van der Waals surface area contributed by atoms with Gasteiger partial charge in [-0.3, -0.25) is 9.69 Å². The summed E-state index contributed by atoms with van der Waals surface area (Å²) in [7, 11) is 0. The van der Waals surface area contributed by atoms with Crippen LogP contribution < -0.4 is 5.73 Å². The second kappa shape index (κ2) is 7.72. The maximum atomic E-state index is 13.5. The molecule has 1 amide bonds. The average Bonchev–Trinajstić information content (AvgIpc) is 2.61. The van der Waals surface area contributed by atoms with E-state index in [1.165, 1.54) is 24.3 Å². The van der Waals surface area contributed by atoms with Gasteiger partial charge in [-0.15, -0.1) is 0 Å². The van der Waals surface area contributed by atoms with Crippen molar-refractivity contribution in [1.29, 1.82) is 0 Å². The van der Waals surface area contributed by atoms with Crippen molar-refractivity contribution in [1.82, 2.24) is 4.90 Å². The number of carbonyl (C=O) groups is 1. The molecule has 2 N–H and O–H groups in total. The number of primary amides is 1. The van der Waals surface area contributed by atoms with E-state index in [0.29, 0.717) is 26.1 Å². The first kappa shape index (κ1) is 17.5. The van der Waals surface area contributed by atoms with Crippen LogP contribution in [0.5, 0.6) is 0 Å². The van der Waals surface area contributed by atoms with Crippen molar-refractivity contribution >= 4 is 5.91 Å². The van der Waals surface area contributed by atoms with Gasteiger partial charge in [0.25, 0.3) is 0 Å². The van der Waals surface area contributed by atoms with Crippen LogP contribution in [0.25, 0.3) is 0 Å². The maximum Gasteiger partial charge on any atom is 0.235 e. The summed E-state index contributed by atoms with van der Waals surface area (Å²) < 4.78 is 32.2. The van der Waals surface area contributed by atoms with Gasteiger partial charge in [-0.2, -0.15) is 0 Å². The number of carbonyl (C=O) groups excluding carboxylic acids is 1. The van der Waals surface area contributed by atoms with Gasteiger partial charge < -0.3 is 10.5 Å². The molecular formula is C19H20F2N2O2. The van der Waals surface area contributed by atoms with Gasteiger partial charge in [-0.25, -0.2) is 8.78 Å². The molecule has 6 heteroatoms. The normalized spacial score (nSPS) is 19.5. The highest BCUT2D eigenvalue weighted by Gasteiger charge is 2.30. The lowest BCUT2D eigenvalue weighted by atomic mass is 10.0. The third kappa shape index (κ3) is 4.41. The molecule has 2 atom stereocenters. The van der Waals surface area contributed by atoms with Crippen LogP contribution >= 0.6 is 0 Å². The summed E-state index contributed by atoms with van der Waals surface area (Å²) in [5.41, 5.74) is 7.16. The van der Waals surface area contributed by atoms with Crippen LogP contribution in [0.3, 0.4) is 0 Å². The minimum absolute atomic E-state index is 0.320. The van der Waals surface area contributed by atoms with Crippen molar-refractivity contribution in [3.63, 3.8) is 0 Å². The summed E-state index contributed by atoms with van der Waals surface area (Å²) in [5, 5.41) is 0. The van der Waals surface area contributed by atoms with Crippen molar-refractivity contribution in [2.45, 2.75) is 18.6 Å². The fraction of sp³-hybridized carbons (Fsp3) is 0.316. The summed E-state index contributed by atoms with van der Waals surface area (Å²) in [4.78, 5) is 13.9. The molecule has 0 aliphatic carbocycles. The van der Waals surface area contributed by atoms with E-state index in [0.717, 1.165) is 11.1 Å². The summed E-state index contributed by atoms with van der Waals surface area (Å²) >= 11 is 0. The zero-order valence-electron chi connectivity index (χ0n) is 13.7. The van der Waals surface area contributed by atoms with E-state index >= 15 is 0 Å². The number of hydrogen-bond donors (Lipinski definition) is 1. The van der Waals surface area contributed by atoms with E-state index in [1.807, 2.05) is 4.90 Å². The number of hydrogen-bond acceptors (Lipinski definition) is 3. The summed E-state index contributed by atoms with van der Waals surface area (Å²) in [6.45, 7) is 1.42. The van der Waals surface area contributed by atoms with Gasteiger partial charge in [-0.05, 0) is 41.8 Å². The first-order valence-electron chi connectivity index (χ1n) is 8.18. The van der Waals surface area contributed by atoms with Crippen LogP contribution in [0, 0.1) is 11.6 Å². The monoisotopic (exact) mass is 346 g/mol. The van der Waals surface area contributed by atoms with Crippen molar-refractivity contribution in [2.24, 2.45) is 5.73 Å². The molecule has 1 aliphatic heterocycles. The van der Waals surface area contributed by atoms with E-state index < -0.39 is 11.9 Å². The second-order valence-corrected chi connectivity index (χ2v) is 6.16. The Labute approximate surface area is 145 Å². The maximum absolute atomic E-state index is 13.5. The first-order valence-corrected chi connectivity index (χ1v) is 8.18. The molecular weight excluding hydrogens is 326 g/mol. The second-order valence-electron chi connectivity index (χ2n) is 6.16. The van der Waals surface area contributed by atoms with Gasteiger partial charge in [0.05, 0.1) is 18.8 Å². The highest BCUT2D eigenvalue weighted by molar-refractivity contribution is 5.80. The largest absolute Gasteiger partial charge is 0.371 e. The first-order chi connectivity index (χ1) is 12.0. The third-order valence-corrected chi connectivity index (χ3v) is 4.43. The molecule has 0 radical (unpaired) electrons. The predicted molar refractivity (Wildman–Crippen MR) is 89.8 cm³/mol. The van der Waals surface area contributed by atoms with Gasteiger partial charge >= 0.3 is 0 Å². The van der Waals surface area contributed by atoms with Crippen molar-refractivity contribution in [2.75, 3.05) is 19.7 Å². The Morgan fingerprint density at radius 1 is 1.20 bits per heavy atom. The Morgan fingerprint density at radius 2 is 1.96 bits per heavy atom. The molecule has 1 saturated heterocycles. The molecule has 3 rings (SSSR count). The molecule has 25 heavy (non-hydrogen) atoms. The van der Waals surface area contributed by atoms with E-state index in [-0.39, 0.29) is 17.7 Å². The molecule has 1 fully saturated rings. The Bertz CT molecular complexity index is 736. The molecule has 2 aromatic rings. The molecule has 2 aromatic carbocycles. The number of nitrogens with zero attached hydrogens (tertiary/aromatic N) is 1. The van der Waals surface area contributed by atoms with Crippen molar-refractivity contribution in [3.05, 3.63) is 71.3 Å². The molecule has 0 spiro atoms. The lowest BCUT2D eigenvalue weighted by Gasteiger charge is -2.37. The number of nitrogens with two attached hydrogens (primary N) is 1. The zero-order chi connectivity index (χ0) is 17.8. The van der Waals surface area contributed by atoms with E-state index in [1.54, 1.807) is 24.3 Å². The third-order valence-electron chi connectivity index (χ3n) is 4.43. The Kier molecular flexibility index (Phi) is 5.40. The Balaban J connectivity index is 1.74. The van der Waals surface area contributed by atoms with Crippen LogP contribution in [-0.4, -0.2) is 36.5 Å². The zero-order valence-corrected chi connectivity index (χ0v) is 13.7. The van der Waals surface area contributed by atoms with E-state index in [4.69, 9.17) is 10.5 Å². The highest BCUT2D eigenvalue weighted by atomic mass is 19.1. The Morgan fingerprint density at radius 3 is 2.64 bits per heavy atom. The van der Waals surface area contributed by atoms with Gasteiger partial charge in [0.2, 0.25) is 5.91 Å². The predicted octanol–water partition coefficient (Wildman–Crippen LogP) is 2.43. The van der Waals surface area contributed by atoms with Crippen LogP contribution in [0.1, 0.15) is 17.2 Å². The fourth-order valence-corrected chi connectivity index (χ4v) is 3.11. The highest BCUT2D eigenvalue weighted by Crippen LogP contribution is 2.25. The number of halogens is 2. The van der Waals surface area contributed by atoms with Crippen LogP contribution in [0.4, 0.5) is 8.78 Å². The quantitative estimate of drug-likeness (QED) is 0.905. The van der Waals surface area contributed by atoms with Gasteiger partial charge in [0, 0.05) is 13.1 Å². The molecule has 0 aromatic heterocycles. The van der Waals surface area contributed by atoms with Gasteiger partial charge in [0.1, 0.15) is 11.6 Å².